The first-order chi connectivity index (χ1) is 15.9. The zero-order valence-corrected chi connectivity index (χ0v) is 20.0. The molecule has 1 heterocycles. The fraction of sp³-hybridized carbons (Fsp3) is 0.556. The van der Waals surface area contributed by atoms with Gasteiger partial charge in [0, 0.05) is 12.5 Å². The minimum atomic E-state index is -0.768. The number of likely N-dealkylation sites (tertiary alicyclic amines) is 1. The van der Waals surface area contributed by atoms with E-state index >= 15 is 0 Å². The number of fused-ring (bicyclic) bond motifs is 1. The van der Waals surface area contributed by atoms with Gasteiger partial charge >= 0.3 is 0 Å². The topological polar surface area (TPSA) is 98.1 Å². The van der Waals surface area contributed by atoms with Gasteiger partial charge in [0.25, 0.3) is 0 Å². The van der Waals surface area contributed by atoms with Gasteiger partial charge in [-0.1, -0.05) is 50.1 Å². The highest BCUT2D eigenvalue weighted by atomic mass is 16.3. The highest BCUT2D eigenvalue weighted by Gasteiger charge is 2.54. The van der Waals surface area contributed by atoms with Crippen LogP contribution in [0.15, 0.2) is 41.0 Å². The lowest BCUT2D eigenvalue weighted by molar-refractivity contribution is -0.140. The second-order valence-electron chi connectivity index (χ2n) is 9.17. The highest BCUT2D eigenvalue weighted by Crippen LogP contribution is 2.47. The molecule has 4 atom stereocenters. The molecule has 1 aromatic carbocycles. The number of carbonyl (C=O) groups excluding carboxylic acids is 2. The van der Waals surface area contributed by atoms with Crippen LogP contribution in [0.5, 0.6) is 5.75 Å². The number of aliphatic hydroxyl groups excluding tert-OH is 2. The molecule has 1 saturated heterocycles. The monoisotopic (exact) mass is 455 g/mol. The number of rotatable bonds is 10. The fourth-order valence-corrected chi connectivity index (χ4v) is 5.44. The summed E-state index contributed by atoms with van der Waals surface area (Å²) in [6.07, 6.45) is 5.19. The zero-order chi connectivity index (χ0) is 24.1. The lowest BCUT2D eigenvalue weighted by Gasteiger charge is -2.36. The van der Waals surface area contributed by atoms with Crippen LogP contribution in [-0.4, -0.2) is 51.3 Å². The molecule has 0 spiro atoms. The summed E-state index contributed by atoms with van der Waals surface area (Å²) in [6, 6.07) is 7.01. The van der Waals surface area contributed by atoms with Crippen LogP contribution in [0.4, 0.5) is 0 Å². The van der Waals surface area contributed by atoms with E-state index < -0.39 is 23.9 Å². The number of hydrogen-bond donors (Lipinski definition) is 3. The van der Waals surface area contributed by atoms with Crippen molar-refractivity contribution in [3.05, 3.63) is 46.5 Å². The van der Waals surface area contributed by atoms with E-state index in [4.69, 9.17) is 0 Å². The highest BCUT2D eigenvalue weighted by molar-refractivity contribution is 6.05. The number of carbonyl (C=O) groups is 2. The molecule has 0 unspecified atom stereocenters. The maximum absolute atomic E-state index is 13.1. The van der Waals surface area contributed by atoms with Crippen LogP contribution in [0.2, 0.25) is 0 Å². The SMILES string of the molecule is CCCN1C(=O)[C@@H]2[C@@H](CC(CC)=C([C@H](O)CC/C(=C/c3ccc(O)cc3)CC)[C@@H]2CO)C1=O. The summed E-state index contributed by atoms with van der Waals surface area (Å²) in [4.78, 5) is 27.3. The average Bonchev–Trinajstić information content (AvgIpc) is 3.06. The summed E-state index contributed by atoms with van der Waals surface area (Å²) in [6.45, 7) is 6.17. The maximum Gasteiger partial charge on any atom is 0.233 e. The lowest BCUT2D eigenvalue weighted by atomic mass is 9.67. The van der Waals surface area contributed by atoms with E-state index in [1.54, 1.807) is 12.1 Å². The van der Waals surface area contributed by atoms with E-state index in [0.29, 0.717) is 38.6 Å². The van der Waals surface area contributed by atoms with Gasteiger partial charge in [0.1, 0.15) is 5.75 Å². The number of allylic oxidation sites excluding steroid dienone is 2. The van der Waals surface area contributed by atoms with Gasteiger partial charge in [-0.15, -0.1) is 0 Å². The predicted molar refractivity (Wildman–Crippen MR) is 128 cm³/mol. The summed E-state index contributed by atoms with van der Waals surface area (Å²) < 4.78 is 0. The van der Waals surface area contributed by atoms with E-state index in [-0.39, 0.29) is 24.2 Å². The van der Waals surface area contributed by atoms with Crippen molar-refractivity contribution in [1.82, 2.24) is 4.90 Å². The van der Waals surface area contributed by atoms with Crippen LogP contribution in [0, 0.1) is 17.8 Å². The Morgan fingerprint density at radius 3 is 2.42 bits per heavy atom. The molecule has 1 fully saturated rings. The summed E-state index contributed by atoms with van der Waals surface area (Å²) in [7, 11) is 0. The number of aliphatic hydroxyl groups is 2. The maximum atomic E-state index is 13.1. The normalized spacial score (nSPS) is 24.5. The molecule has 1 aliphatic carbocycles. The average molecular weight is 456 g/mol. The number of phenolic OH excluding ortho intramolecular Hbond substituents is 1. The molecule has 0 saturated carbocycles. The van der Waals surface area contributed by atoms with Crippen LogP contribution in [0.25, 0.3) is 6.08 Å². The van der Waals surface area contributed by atoms with Crippen LogP contribution >= 0.6 is 0 Å². The van der Waals surface area contributed by atoms with Crippen molar-refractivity contribution < 1.29 is 24.9 Å². The Morgan fingerprint density at radius 2 is 1.85 bits per heavy atom. The molecule has 180 valence electrons. The van der Waals surface area contributed by atoms with Gasteiger partial charge in [-0.3, -0.25) is 14.5 Å². The third-order valence-electron chi connectivity index (χ3n) is 7.16. The van der Waals surface area contributed by atoms with Crippen LogP contribution in [0.1, 0.15) is 64.9 Å². The van der Waals surface area contributed by atoms with E-state index in [0.717, 1.165) is 23.1 Å². The van der Waals surface area contributed by atoms with Crippen molar-refractivity contribution in [3.8, 4) is 5.75 Å². The first-order valence-corrected chi connectivity index (χ1v) is 12.2. The third kappa shape index (κ3) is 5.22. The number of imide groups is 1. The van der Waals surface area contributed by atoms with Gasteiger partial charge in [-0.25, -0.2) is 0 Å². The Hall–Kier alpha value is -2.44. The molecule has 2 aliphatic rings. The molecule has 6 nitrogen and oxygen atoms in total. The number of hydrogen-bond acceptors (Lipinski definition) is 5. The largest absolute Gasteiger partial charge is 0.508 e. The van der Waals surface area contributed by atoms with Crippen molar-refractivity contribution in [2.75, 3.05) is 13.2 Å². The molecule has 1 aliphatic heterocycles. The van der Waals surface area contributed by atoms with E-state index in [1.807, 2.05) is 26.0 Å². The summed E-state index contributed by atoms with van der Waals surface area (Å²) in [5.74, 6) is -1.62. The molecule has 6 heteroatoms. The van der Waals surface area contributed by atoms with Gasteiger partial charge in [-0.2, -0.15) is 0 Å². The third-order valence-corrected chi connectivity index (χ3v) is 7.16. The van der Waals surface area contributed by atoms with Crippen molar-refractivity contribution in [2.45, 2.75) is 65.4 Å². The zero-order valence-electron chi connectivity index (χ0n) is 20.0. The minimum absolute atomic E-state index is 0.130. The predicted octanol–water partition coefficient (Wildman–Crippen LogP) is 4.06. The Bertz CT molecular complexity index is 917. The smallest absolute Gasteiger partial charge is 0.233 e. The van der Waals surface area contributed by atoms with E-state index in [2.05, 4.69) is 13.0 Å². The molecular formula is C27H37NO5. The van der Waals surface area contributed by atoms with Crippen molar-refractivity contribution in [1.29, 1.82) is 0 Å². The van der Waals surface area contributed by atoms with Crippen LogP contribution < -0.4 is 0 Å². The number of phenols is 1. The second-order valence-corrected chi connectivity index (χ2v) is 9.17. The summed E-state index contributed by atoms with van der Waals surface area (Å²) >= 11 is 0. The van der Waals surface area contributed by atoms with Gasteiger partial charge < -0.3 is 15.3 Å². The number of benzene rings is 1. The molecule has 3 rings (SSSR count). The van der Waals surface area contributed by atoms with Gasteiger partial charge in [-0.05, 0) is 61.8 Å². The number of aromatic hydroxyl groups is 1. The second kappa shape index (κ2) is 11.1. The molecule has 33 heavy (non-hydrogen) atoms. The van der Waals surface area contributed by atoms with Gasteiger partial charge in [0.2, 0.25) is 11.8 Å². The quantitative estimate of drug-likeness (QED) is 0.365. The fourth-order valence-electron chi connectivity index (χ4n) is 5.44. The van der Waals surface area contributed by atoms with E-state index in [1.165, 1.54) is 10.5 Å². The van der Waals surface area contributed by atoms with Crippen molar-refractivity contribution in [2.24, 2.45) is 17.8 Å². The molecule has 0 radical (unpaired) electrons. The molecular weight excluding hydrogens is 418 g/mol. The molecule has 1 aromatic rings. The van der Waals surface area contributed by atoms with Crippen LogP contribution in [0.3, 0.4) is 0 Å². The van der Waals surface area contributed by atoms with Gasteiger partial charge in [0.05, 0.1) is 24.5 Å². The number of amides is 2. The van der Waals surface area contributed by atoms with Gasteiger partial charge in [0.15, 0.2) is 0 Å². The number of nitrogens with zero attached hydrogens (tertiary/aromatic N) is 1. The molecule has 0 bridgehead atoms. The standard InChI is InChI=1S/C27H37NO5/c1-4-13-28-26(32)21-15-19(6-3)24(22(16-29)25(21)27(28)33)23(31)12-9-17(5-2)14-18-7-10-20(30)11-8-18/h7-8,10-11,14,21-23,25,29-31H,4-6,9,12-13,15-16H2,1-3H3/b17-14+/t21-,22+,23-,25-/m1/s1. The Balaban J connectivity index is 1.81. The first-order valence-electron chi connectivity index (χ1n) is 12.2. The van der Waals surface area contributed by atoms with E-state index in [9.17, 15) is 24.9 Å². The molecule has 2 amide bonds. The summed E-state index contributed by atoms with van der Waals surface area (Å²) in [5, 5.41) is 31.0. The Labute approximate surface area is 196 Å². The lowest BCUT2D eigenvalue weighted by Crippen LogP contribution is -2.39. The van der Waals surface area contributed by atoms with Crippen LogP contribution in [-0.2, 0) is 9.59 Å². The molecule has 3 N–H and O–H groups in total. The van der Waals surface area contributed by atoms with Crippen molar-refractivity contribution in [3.63, 3.8) is 0 Å². The molecule has 0 aromatic heterocycles. The Kier molecular flexibility index (Phi) is 8.49. The summed E-state index contributed by atoms with van der Waals surface area (Å²) in [5.41, 5.74) is 3.94. The minimum Gasteiger partial charge on any atom is -0.508 e. The first kappa shape index (κ1) is 25.2. The Morgan fingerprint density at radius 1 is 1.15 bits per heavy atom. The van der Waals surface area contributed by atoms with Crippen molar-refractivity contribution >= 4 is 17.9 Å².